The first-order chi connectivity index (χ1) is 13.3. The van der Waals surface area contributed by atoms with Crippen LogP contribution in [0.3, 0.4) is 0 Å². The lowest BCUT2D eigenvalue weighted by molar-refractivity contribution is -0.142. The molecule has 0 fully saturated rings. The molecule has 0 saturated heterocycles. The van der Waals surface area contributed by atoms with Crippen LogP contribution >= 0.6 is 0 Å². The molecule has 0 aliphatic rings. The second-order valence-electron chi connectivity index (χ2n) is 6.28. The summed E-state index contributed by atoms with van der Waals surface area (Å²) in [6.45, 7) is 1.20. The van der Waals surface area contributed by atoms with Gasteiger partial charge in [0.25, 0.3) is 0 Å². The first-order valence-electron chi connectivity index (χ1n) is 8.54. The molecule has 0 saturated carbocycles. The van der Waals surface area contributed by atoms with Crippen LogP contribution in [0.1, 0.15) is 18.1 Å². The topological polar surface area (TPSA) is 95.5 Å². The highest BCUT2D eigenvalue weighted by Crippen LogP contribution is 2.11. The normalized spacial score (nSPS) is 12.7. The summed E-state index contributed by atoms with van der Waals surface area (Å²) in [7, 11) is 0. The SMILES string of the molecule is CC(=O)N[C@H](Cc1ccccc1F)C(=O)N[C@H](Cc1cccc(F)c1)C(=O)O. The molecule has 0 bridgehead atoms. The Kier molecular flexibility index (Phi) is 7.20. The molecule has 0 aliphatic heterocycles. The highest BCUT2D eigenvalue weighted by Gasteiger charge is 2.27. The van der Waals surface area contributed by atoms with Crippen LogP contribution in [0.5, 0.6) is 0 Å². The van der Waals surface area contributed by atoms with E-state index in [2.05, 4.69) is 10.6 Å². The summed E-state index contributed by atoms with van der Waals surface area (Å²) in [5, 5.41) is 14.1. The van der Waals surface area contributed by atoms with Gasteiger partial charge in [0.1, 0.15) is 23.7 Å². The molecule has 0 aromatic heterocycles. The Hall–Kier alpha value is -3.29. The fraction of sp³-hybridized carbons (Fsp3) is 0.250. The Bertz CT molecular complexity index is 873. The molecule has 2 amide bonds. The van der Waals surface area contributed by atoms with Crippen LogP contribution in [0, 0.1) is 11.6 Å². The molecule has 6 nitrogen and oxygen atoms in total. The van der Waals surface area contributed by atoms with Gasteiger partial charge in [-0.2, -0.15) is 0 Å². The van der Waals surface area contributed by atoms with E-state index in [-0.39, 0.29) is 18.4 Å². The van der Waals surface area contributed by atoms with Crippen LogP contribution in [-0.4, -0.2) is 35.0 Å². The summed E-state index contributed by atoms with van der Waals surface area (Å²) in [5.41, 5.74) is 0.589. The zero-order chi connectivity index (χ0) is 20.7. The third kappa shape index (κ3) is 6.15. The minimum atomic E-state index is -1.34. The van der Waals surface area contributed by atoms with Gasteiger partial charge >= 0.3 is 5.97 Å². The number of halogens is 2. The first-order valence-corrected chi connectivity index (χ1v) is 8.54. The molecular weight excluding hydrogens is 370 g/mol. The minimum Gasteiger partial charge on any atom is -0.480 e. The lowest BCUT2D eigenvalue weighted by Crippen LogP contribution is -2.52. The van der Waals surface area contributed by atoms with Gasteiger partial charge in [0.05, 0.1) is 0 Å². The second-order valence-corrected chi connectivity index (χ2v) is 6.28. The van der Waals surface area contributed by atoms with Crippen molar-refractivity contribution in [2.24, 2.45) is 0 Å². The van der Waals surface area contributed by atoms with Crippen molar-refractivity contribution in [3.63, 3.8) is 0 Å². The van der Waals surface area contributed by atoms with E-state index in [1.807, 2.05) is 0 Å². The second kappa shape index (κ2) is 9.59. The number of carboxylic acids is 1. The highest BCUT2D eigenvalue weighted by atomic mass is 19.1. The minimum absolute atomic E-state index is 0.147. The standard InChI is InChI=1S/C20H20F2N2O4/c1-12(25)23-17(11-14-6-2-3-8-16(14)22)19(26)24-18(20(27)28)10-13-5-4-7-15(21)9-13/h2-9,17-18H,10-11H2,1H3,(H,23,25)(H,24,26)(H,27,28)/t17-,18-/m1/s1. The van der Waals surface area contributed by atoms with Gasteiger partial charge in [0, 0.05) is 19.8 Å². The summed E-state index contributed by atoms with van der Waals surface area (Å²) >= 11 is 0. The van der Waals surface area contributed by atoms with E-state index < -0.39 is 41.5 Å². The zero-order valence-corrected chi connectivity index (χ0v) is 15.1. The Morgan fingerprint density at radius 3 is 2.29 bits per heavy atom. The molecule has 0 heterocycles. The molecule has 0 unspecified atom stereocenters. The molecule has 28 heavy (non-hydrogen) atoms. The summed E-state index contributed by atoms with van der Waals surface area (Å²) in [5.74, 6) is -3.68. The van der Waals surface area contributed by atoms with Crippen LogP contribution in [0.25, 0.3) is 0 Å². The van der Waals surface area contributed by atoms with Crippen molar-refractivity contribution in [3.8, 4) is 0 Å². The number of amides is 2. The molecule has 3 N–H and O–H groups in total. The molecule has 0 aliphatic carbocycles. The molecule has 2 aromatic rings. The van der Waals surface area contributed by atoms with E-state index >= 15 is 0 Å². The van der Waals surface area contributed by atoms with E-state index in [0.29, 0.717) is 5.56 Å². The predicted molar refractivity (Wildman–Crippen MR) is 97.4 cm³/mol. The molecule has 0 radical (unpaired) electrons. The molecule has 2 atom stereocenters. The number of hydrogen-bond acceptors (Lipinski definition) is 3. The lowest BCUT2D eigenvalue weighted by atomic mass is 10.0. The van der Waals surface area contributed by atoms with Crippen molar-refractivity contribution in [3.05, 3.63) is 71.3 Å². The van der Waals surface area contributed by atoms with Crippen molar-refractivity contribution in [1.82, 2.24) is 10.6 Å². The number of rotatable bonds is 8. The van der Waals surface area contributed by atoms with Crippen LogP contribution in [-0.2, 0) is 27.2 Å². The fourth-order valence-corrected chi connectivity index (χ4v) is 2.71. The van der Waals surface area contributed by atoms with E-state index in [9.17, 15) is 28.3 Å². The zero-order valence-electron chi connectivity index (χ0n) is 15.1. The summed E-state index contributed by atoms with van der Waals surface area (Å²) in [6, 6.07) is 8.64. The number of carboxylic acid groups (broad SMARTS) is 1. The van der Waals surface area contributed by atoms with E-state index in [4.69, 9.17) is 0 Å². The van der Waals surface area contributed by atoms with Crippen molar-refractivity contribution < 1.29 is 28.3 Å². The fourth-order valence-electron chi connectivity index (χ4n) is 2.71. The van der Waals surface area contributed by atoms with Gasteiger partial charge in [-0.15, -0.1) is 0 Å². The van der Waals surface area contributed by atoms with Crippen molar-refractivity contribution in [2.75, 3.05) is 0 Å². The van der Waals surface area contributed by atoms with Crippen molar-refractivity contribution in [1.29, 1.82) is 0 Å². The third-order valence-corrected chi connectivity index (χ3v) is 4.02. The van der Waals surface area contributed by atoms with Gasteiger partial charge in [-0.05, 0) is 29.3 Å². The van der Waals surface area contributed by atoms with E-state index in [1.165, 1.54) is 49.4 Å². The number of nitrogens with one attached hydrogen (secondary N) is 2. The van der Waals surface area contributed by atoms with Gasteiger partial charge in [0.15, 0.2) is 0 Å². The highest BCUT2D eigenvalue weighted by molar-refractivity contribution is 5.90. The van der Waals surface area contributed by atoms with Gasteiger partial charge < -0.3 is 15.7 Å². The monoisotopic (exact) mass is 390 g/mol. The van der Waals surface area contributed by atoms with Crippen LogP contribution in [0.15, 0.2) is 48.5 Å². The maximum atomic E-state index is 13.9. The van der Waals surface area contributed by atoms with Crippen LogP contribution in [0.2, 0.25) is 0 Å². The van der Waals surface area contributed by atoms with Gasteiger partial charge in [-0.25, -0.2) is 13.6 Å². The summed E-state index contributed by atoms with van der Waals surface area (Å²) in [6.07, 6.45) is -0.296. The molecule has 2 aromatic carbocycles. The first kappa shape index (κ1) is 21.0. The Morgan fingerprint density at radius 2 is 1.68 bits per heavy atom. The average Bonchev–Trinajstić information content (AvgIpc) is 2.62. The van der Waals surface area contributed by atoms with Crippen LogP contribution in [0.4, 0.5) is 8.78 Å². The molecule has 0 spiro atoms. The molecular formula is C20H20F2N2O4. The Balaban J connectivity index is 2.15. The maximum Gasteiger partial charge on any atom is 0.326 e. The Labute approximate surface area is 160 Å². The smallest absolute Gasteiger partial charge is 0.326 e. The number of hydrogen-bond donors (Lipinski definition) is 3. The Morgan fingerprint density at radius 1 is 0.964 bits per heavy atom. The molecule has 2 rings (SSSR count). The predicted octanol–water partition coefficient (Wildman–Crippen LogP) is 1.82. The molecule has 8 heteroatoms. The average molecular weight is 390 g/mol. The number of aliphatic carboxylic acids is 1. The van der Waals surface area contributed by atoms with E-state index in [1.54, 1.807) is 6.07 Å². The number of carbonyl (C=O) groups excluding carboxylic acids is 2. The van der Waals surface area contributed by atoms with Crippen molar-refractivity contribution in [2.45, 2.75) is 31.8 Å². The lowest BCUT2D eigenvalue weighted by Gasteiger charge is -2.21. The third-order valence-electron chi connectivity index (χ3n) is 4.02. The quantitative estimate of drug-likeness (QED) is 0.641. The summed E-state index contributed by atoms with van der Waals surface area (Å²) in [4.78, 5) is 35.5. The van der Waals surface area contributed by atoms with Crippen molar-refractivity contribution >= 4 is 17.8 Å². The van der Waals surface area contributed by atoms with Gasteiger partial charge in [-0.1, -0.05) is 30.3 Å². The number of benzene rings is 2. The van der Waals surface area contributed by atoms with Crippen LogP contribution < -0.4 is 10.6 Å². The number of carbonyl (C=O) groups is 3. The van der Waals surface area contributed by atoms with E-state index in [0.717, 1.165) is 0 Å². The van der Waals surface area contributed by atoms with Gasteiger partial charge in [-0.3, -0.25) is 9.59 Å². The maximum absolute atomic E-state index is 13.9. The molecule has 148 valence electrons. The largest absolute Gasteiger partial charge is 0.480 e. The van der Waals surface area contributed by atoms with Gasteiger partial charge in [0.2, 0.25) is 11.8 Å². The summed E-state index contributed by atoms with van der Waals surface area (Å²) < 4.78 is 27.2.